The van der Waals surface area contributed by atoms with Crippen molar-refractivity contribution in [1.82, 2.24) is 14.9 Å². The molecule has 36 heavy (non-hydrogen) atoms. The predicted octanol–water partition coefficient (Wildman–Crippen LogP) is 4.26. The Hall–Kier alpha value is -3.65. The molecule has 2 saturated heterocycles. The van der Waals surface area contributed by atoms with Gasteiger partial charge in [-0.1, -0.05) is 48.5 Å². The molecule has 186 valence electrons. The second-order valence-corrected chi connectivity index (χ2v) is 9.82. The molecule has 3 aliphatic rings. The van der Waals surface area contributed by atoms with Crippen molar-refractivity contribution in [3.63, 3.8) is 0 Å². The third-order valence-corrected chi connectivity index (χ3v) is 7.92. The molecule has 1 aromatic heterocycles. The van der Waals surface area contributed by atoms with Gasteiger partial charge in [0, 0.05) is 37.0 Å². The number of benzene rings is 2. The first kappa shape index (κ1) is 22.8. The van der Waals surface area contributed by atoms with Crippen LogP contribution in [0.2, 0.25) is 0 Å². The number of hydrogen-bond acceptors (Lipinski definition) is 7. The van der Waals surface area contributed by atoms with Gasteiger partial charge in [0.25, 0.3) is 0 Å². The Bertz CT molecular complexity index is 1250. The number of ether oxygens (including phenoxy) is 3. The molecule has 1 amide bonds. The van der Waals surface area contributed by atoms with Crippen LogP contribution in [0.5, 0.6) is 11.9 Å². The van der Waals surface area contributed by atoms with Crippen molar-refractivity contribution in [2.45, 2.75) is 49.3 Å². The zero-order chi connectivity index (χ0) is 24.9. The number of hydrogen-bond donors (Lipinski definition) is 1. The van der Waals surface area contributed by atoms with E-state index in [-0.39, 0.29) is 36.7 Å². The van der Waals surface area contributed by atoms with Gasteiger partial charge in [-0.3, -0.25) is 0 Å². The summed E-state index contributed by atoms with van der Waals surface area (Å²) < 4.78 is 16.5. The normalized spacial score (nSPS) is 24.2. The fraction of sp³-hybridized carbons (Fsp3) is 0.393. The number of carbonyl (C=O) groups is 1. The van der Waals surface area contributed by atoms with E-state index >= 15 is 0 Å². The van der Waals surface area contributed by atoms with Crippen molar-refractivity contribution >= 4 is 6.09 Å². The van der Waals surface area contributed by atoms with Gasteiger partial charge in [-0.25, -0.2) is 9.78 Å². The van der Waals surface area contributed by atoms with Gasteiger partial charge in [0.1, 0.15) is 12.2 Å². The summed E-state index contributed by atoms with van der Waals surface area (Å²) in [5.74, 6) is 0.305. The van der Waals surface area contributed by atoms with Crippen molar-refractivity contribution < 1.29 is 24.1 Å². The molecule has 8 nitrogen and oxygen atoms in total. The maximum Gasteiger partial charge on any atom is 0.410 e. The Balaban J connectivity index is 1.19. The van der Waals surface area contributed by atoms with E-state index in [1.807, 2.05) is 29.2 Å². The van der Waals surface area contributed by atoms with Gasteiger partial charge in [-0.05, 0) is 35.1 Å². The maximum absolute atomic E-state index is 13.3. The van der Waals surface area contributed by atoms with E-state index < -0.39 is 5.60 Å². The molecule has 2 unspecified atom stereocenters. The first-order valence-electron chi connectivity index (χ1n) is 12.3. The highest BCUT2D eigenvalue weighted by atomic mass is 16.6. The smallest absolute Gasteiger partial charge is 0.410 e. The van der Waals surface area contributed by atoms with Crippen LogP contribution in [0.25, 0.3) is 11.1 Å². The van der Waals surface area contributed by atoms with Crippen LogP contribution in [0.4, 0.5) is 4.79 Å². The van der Waals surface area contributed by atoms with Gasteiger partial charge in [-0.15, -0.1) is 0 Å². The van der Waals surface area contributed by atoms with E-state index in [9.17, 15) is 9.90 Å². The Labute approximate surface area is 209 Å². The van der Waals surface area contributed by atoms with Crippen LogP contribution < -0.4 is 9.47 Å². The lowest BCUT2D eigenvalue weighted by molar-refractivity contribution is -0.0548. The summed E-state index contributed by atoms with van der Waals surface area (Å²) in [5, 5.41) is 11.6. The summed E-state index contributed by atoms with van der Waals surface area (Å²) in [6.45, 7) is 0.285. The van der Waals surface area contributed by atoms with Crippen LogP contribution in [0.1, 0.15) is 48.3 Å². The van der Waals surface area contributed by atoms with E-state index in [1.54, 1.807) is 6.20 Å². The molecule has 2 aliphatic heterocycles. The Morgan fingerprint density at radius 1 is 1.00 bits per heavy atom. The second kappa shape index (κ2) is 8.78. The molecule has 2 aromatic carbocycles. The van der Waals surface area contributed by atoms with Crippen molar-refractivity contribution in [1.29, 1.82) is 0 Å². The van der Waals surface area contributed by atoms with Crippen LogP contribution in [0, 0.1) is 0 Å². The van der Waals surface area contributed by atoms with E-state index in [4.69, 9.17) is 14.2 Å². The Kier molecular flexibility index (Phi) is 5.56. The summed E-state index contributed by atoms with van der Waals surface area (Å²) in [5.41, 5.74) is 4.11. The topological polar surface area (TPSA) is 94.0 Å². The summed E-state index contributed by atoms with van der Waals surface area (Å²) in [6, 6.07) is 16.5. The number of aliphatic hydroxyl groups is 1. The number of carbonyl (C=O) groups excluding carboxylic acids is 1. The fourth-order valence-electron chi connectivity index (χ4n) is 6.34. The minimum Gasteiger partial charge on any atom is -0.481 e. The largest absolute Gasteiger partial charge is 0.481 e. The van der Waals surface area contributed by atoms with E-state index in [2.05, 4.69) is 34.2 Å². The predicted molar refractivity (Wildman–Crippen MR) is 132 cm³/mol. The van der Waals surface area contributed by atoms with Crippen molar-refractivity contribution in [3.05, 3.63) is 71.4 Å². The van der Waals surface area contributed by atoms with Crippen molar-refractivity contribution in [3.8, 4) is 23.0 Å². The van der Waals surface area contributed by atoms with E-state index in [0.29, 0.717) is 24.3 Å². The fourth-order valence-corrected chi connectivity index (χ4v) is 6.34. The van der Waals surface area contributed by atoms with Gasteiger partial charge in [-0.2, -0.15) is 4.98 Å². The molecule has 8 heteroatoms. The lowest BCUT2D eigenvalue weighted by Gasteiger charge is -2.43. The highest BCUT2D eigenvalue weighted by Crippen LogP contribution is 2.48. The Morgan fingerprint density at radius 3 is 2.19 bits per heavy atom. The van der Waals surface area contributed by atoms with Crippen LogP contribution in [-0.4, -0.2) is 59.0 Å². The number of methoxy groups -OCH3 is 2. The molecule has 0 spiro atoms. The van der Waals surface area contributed by atoms with Crippen molar-refractivity contribution in [2.24, 2.45) is 0 Å². The molecule has 3 aromatic rings. The summed E-state index contributed by atoms with van der Waals surface area (Å²) in [4.78, 5) is 23.6. The third kappa shape index (κ3) is 3.59. The molecule has 2 bridgehead atoms. The first-order valence-corrected chi connectivity index (χ1v) is 12.3. The van der Waals surface area contributed by atoms with E-state index in [1.165, 1.54) is 36.5 Å². The molecule has 2 fully saturated rings. The average Bonchev–Trinajstić information content (AvgIpc) is 3.38. The summed E-state index contributed by atoms with van der Waals surface area (Å²) in [7, 11) is 2.99. The lowest BCUT2D eigenvalue weighted by atomic mass is 9.81. The molecular formula is C28H29N3O5. The molecule has 2 atom stereocenters. The quantitative estimate of drug-likeness (QED) is 0.575. The molecule has 1 aliphatic carbocycles. The average molecular weight is 488 g/mol. The number of fused-ring (bicyclic) bond motifs is 5. The molecule has 0 radical (unpaired) electrons. The summed E-state index contributed by atoms with van der Waals surface area (Å²) in [6.07, 6.45) is 3.63. The number of amides is 1. The minimum absolute atomic E-state index is 0.0152. The second-order valence-electron chi connectivity index (χ2n) is 9.82. The molecule has 0 saturated carbocycles. The number of aromatic nitrogens is 2. The lowest BCUT2D eigenvalue weighted by Crippen LogP contribution is -2.52. The first-order chi connectivity index (χ1) is 17.5. The highest BCUT2D eigenvalue weighted by Gasteiger charge is 2.52. The molecule has 3 heterocycles. The maximum atomic E-state index is 13.3. The van der Waals surface area contributed by atoms with Crippen LogP contribution in [0.3, 0.4) is 0 Å². The zero-order valence-electron chi connectivity index (χ0n) is 20.4. The summed E-state index contributed by atoms with van der Waals surface area (Å²) >= 11 is 0. The van der Waals surface area contributed by atoms with Crippen molar-refractivity contribution in [2.75, 3.05) is 20.8 Å². The Morgan fingerprint density at radius 2 is 1.61 bits per heavy atom. The molecular weight excluding hydrogens is 458 g/mol. The minimum atomic E-state index is -1.19. The monoisotopic (exact) mass is 487 g/mol. The van der Waals surface area contributed by atoms with Gasteiger partial charge in [0.15, 0.2) is 0 Å². The van der Waals surface area contributed by atoms with Crippen LogP contribution in [0.15, 0.2) is 54.7 Å². The van der Waals surface area contributed by atoms with Gasteiger partial charge >= 0.3 is 12.1 Å². The molecule has 1 N–H and O–H groups in total. The van der Waals surface area contributed by atoms with E-state index in [0.717, 1.165) is 12.8 Å². The van der Waals surface area contributed by atoms with Gasteiger partial charge in [0.05, 0.1) is 19.8 Å². The van der Waals surface area contributed by atoms with Gasteiger partial charge in [0.2, 0.25) is 5.88 Å². The van der Waals surface area contributed by atoms with Crippen LogP contribution in [-0.2, 0) is 10.3 Å². The zero-order valence-corrected chi connectivity index (χ0v) is 20.4. The third-order valence-electron chi connectivity index (χ3n) is 7.92. The highest BCUT2D eigenvalue weighted by molar-refractivity contribution is 5.79. The number of rotatable bonds is 5. The number of nitrogens with zero attached hydrogens (tertiary/aromatic N) is 3. The van der Waals surface area contributed by atoms with Gasteiger partial charge < -0.3 is 24.2 Å². The number of piperidine rings is 1. The standard InChI is InChI=1S/C28H29N3O5/c1-34-25-24(15-29-26(30-25)35-2)28(33)13-17-11-12-18(14-28)31(17)27(32)36-16-23-21-9-5-3-7-19(21)20-8-4-6-10-22(20)23/h3-10,15,17-18,23,33H,11-14,16H2,1-2H3. The molecule has 6 rings (SSSR count). The van der Waals surface area contributed by atoms with Crippen LogP contribution >= 0.6 is 0 Å². The SMILES string of the molecule is COc1ncc(C2(O)CC3CCC(C2)N3C(=O)OCC2c3ccccc3-c3ccccc32)c(OC)n1.